The number of rotatable bonds is 5. The molecule has 33 heavy (non-hydrogen) atoms. The predicted octanol–water partition coefficient (Wildman–Crippen LogP) is 5.10. The van der Waals surface area contributed by atoms with Crippen molar-refractivity contribution in [2.24, 2.45) is 0 Å². The second kappa shape index (κ2) is 8.83. The highest BCUT2D eigenvalue weighted by molar-refractivity contribution is 8.00. The minimum absolute atomic E-state index is 0.0831. The van der Waals surface area contributed by atoms with E-state index in [4.69, 9.17) is 0 Å². The van der Waals surface area contributed by atoms with E-state index in [0.29, 0.717) is 11.0 Å². The van der Waals surface area contributed by atoms with Gasteiger partial charge in [0.05, 0.1) is 10.9 Å². The molecule has 0 bridgehead atoms. The van der Waals surface area contributed by atoms with Crippen LogP contribution >= 0.6 is 11.8 Å². The highest BCUT2D eigenvalue weighted by atomic mass is 32.2. The minimum Gasteiger partial charge on any atom is -0.308 e. The molecule has 6 nitrogen and oxygen atoms in total. The topological polar surface area (TPSA) is 63.9 Å². The van der Waals surface area contributed by atoms with E-state index in [2.05, 4.69) is 41.2 Å². The maximum absolute atomic E-state index is 13.6. The molecule has 0 spiro atoms. The van der Waals surface area contributed by atoms with Crippen LogP contribution in [-0.4, -0.2) is 36.9 Å². The third kappa shape index (κ3) is 3.93. The summed E-state index contributed by atoms with van der Waals surface area (Å²) >= 11 is 1.44. The fraction of sp³-hybridized carbons (Fsp3) is 0.231. The van der Waals surface area contributed by atoms with Crippen LogP contribution in [0.3, 0.4) is 0 Å². The summed E-state index contributed by atoms with van der Waals surface area (Å²) in [7, 11) is 0. The molecule has 2 atom stereocenters. The Hall–Kier alpha value is -3.45. The molecule has 5 rings (SSSR count). The molecule has 0 fully saturated rings. The van der Waals surface area contributed by atoms with Crippen LogP contribution in [0.15, 0.2) is 78.2 Å². The van der Waals surface area contributed by atoms with Crippen LogP contribution in [0.2, 0.25) is 0 Å². The van der Waals surface area contributed by atoms with Crippen LogP contribution in [-0.2, 0) is 11.2 Å². The second-order valence-corrected chi connectivity index (χ2v) is 9.63. The van der Waals surface area contributed by atoms with Crippen molar-refractivity contribution >= 4 is 23.4 Å². The number of anilines is 1. The fourth-order valence-electron chi connectivity index (χ4n) is 4.37. The number of amides is 1. The lowest BCUT2D eigenvalue weighted by Gasteiger charge is -2.25. The first-order chi connectivity index (χ1) is 16.0. The Balaban J connectivity index is 1.51. The SMILES string of the molecule is Cc1ccccc1-n1c(S[C@H](C)C(=O)N2c3ccccc3C[C@H]2C)nnc1-c1cccnc1. The second-order valence-electron chi connectivity index (χ2n) is 8.32. The zero-order valence-electron chi connectivity index (χ0n) is 18.8. The zero-order chi connectivity index (χ0) is 22.9. The van der Waals surface area contributed by atoms with Crippen molar-refractivity contribution in [3.8, 4) is 17.1 Å². The van der Waals surface area contributed by atoms with Gasteiger partial charge in [-0.3, -0.25) is 14.3 Å². The van der Waals surface area contributed by atoms with Gasteiger partial charge in [0, 0.05) is 29.7 Å². The molecule has 0 radical (unpaired) electrons. The van der Waals surface area contributed by atoms with Gasteiger partial charge in [0.1, 0.15) is 0 Å². The number of fused-ring (bicyclic) bond motifs is 1. The Morgan fingerprint density at radius 1 is 1.03 bits per heavy atom. The number of aryl methyl sites for hydroxylation is 1. The number of carbonyl (C=O) groups is 1. The molecule has 3 heterocycles. The number of pyridine rings is 1. The lowest BCUT2D eigenvalue weighted by molar-refractivity contribution is -0.118. The van der Waals surface area contributed by atoms with Gasteiger partial charge in [0.2, 0.25) is 5.91 Å². The fourth-order valence-corrected chi connectivity index (χ4v) is 5.27. The van der Waals surface area contributed by atoms with Crippen LogP contribution < -0.4 is 4.90 Å². The van der Waals surface area contributed by atoms with Gasteiger partial charge in [-0.2, -0.15) is 0 Å². The summed E-state index contributed by atoms with van der Waals surface area (Å²) < 4.78 is 2.03. The molecule has 1 amide bonds. The predicted molar refractivity (Wildman–Crippen MR) is 132 cm³/mol. The summed E-state index contributed by atoms with van der Waals surface area (Å²) in [5.41, 5.74) is 5.20. The number of benzene rings is 2. The summed E-state index contributed by atoms with van der Waals surface area (Å²) in [6.45, 7) is 6.11. The molecule has 7 heteroatoms. The van der Waals surface area contributed by atoms with Crippen LogP contribution in [0, 0.1) is 6.92 Å². The van der Waals surface area contributed by atoms with Gasteiger partial charge < -0.3 is 4.90 Å². The van der Waals surface area contributed by atoms with Gasteiger partial charge in [-0.25, -0.2) is 0 Å². The standard InChI is InChI=1S/C26H25N5OS/c1-17-9-4-6-12-22(17)31-24(21-11-8-14-27-16-21)28-29-26(31)33-19(3)25(32)30-18(2)15-20-10-5-7-13-23(20)30/h4-14,16,18-19H,15H2,1-3H3/t18-,19-/m1/s1. The van der Waals surface area contributed by atoms with E-state index >= 15 is 0 Å². The first kappa shape index (κ1) is 21.4. The number of hydrogen-bond acceptors (Lipinski definition) is 5. The van der Waals surface area contributed by atoms with Crippen molar-refractivity contribution < 1.29 is 4.79 Å². The summed E-state index contributed by atoms with van der Waals surface area (Å²) in [5.74, 6) is 0.791. The molecule has 2 aromatic carbocycles. The number of nitrogens with zero attached hydrogens (tertiary/aromatic N) is 5. The monoisotopic (exact) mass is 455 g/mol. The van der Waals surface area contributed by atoms with Gasteiger partial charge >= 0.3 is 0 Å². The Morgan fingerprint density at radius 3 is 2.55 bits per heavy atom. The molecular weight excluding hydrogens is 430 g/mol. The number of thioether (sulfide) groups is 1. The molecule has 0 aliphatic carbocycles. The van der Waals surface area contributed by atoms with Crippen molar-refractivity contribution in [2.45, 2.75) is 43.6 Å². The summed E-state index contributed by atoms with van der Waals surface area (Å²) in [4.78, 5) is 19.7. The largest absolute Gasteiger partial charge is 0.308 e. The van der Waals surface area contributed by atoms with Crippen molar-refractivity contribution in [1.82, 2.24) is 19.7 Å². The van der Waals surface area contributed by atoms with Crippen molar-refractivity contribution in [3.63, 3.8) is 0 Å². The van der Waals surface area contributed by atoms with E-state index < -0.39 is 0 Å². The van der Waals surface area contributed by atoms with E-state index in [-0.39, 0.29) is 17.2 Å². The molecule has 2 aromatic heterocycles. The van der Waals surface area contributed by atoms with E-state index in [1.54, 1.807) is 12.4 Å². The van der Waals surface area contributed by atoms with Crippen LogP contribution in [0.25, 0.3) is 17.1 Å². The molecule has 4 aromatic rings. The first-order valence-electron chi connectivity index (χ1n) is 11.0. The molecule has 1 aliphatic rings. The van der Waals surface area contributed by atoms with E-state index in [1.165, 1.54) is 17.3 Å². The van der Waals surface area contributed by atoms with Gasteiger partial charge in [0.25, 0.3) is 0 Å². The molecule has 0 unspecified atom stereocenters. The van der Waals surface area contributed by atoms with Crippen LogP contribution in [0.1, 0.15) is 25.0 Å². The third-order valence-corrected chi connectivity index (χ3v) is 7.01. The van der Waals surface area contributed by atoms with E-state index in [9.17, 15) is 4.79 Å². The summed E-state index contributed by atoms with van der Waals surface area (Å²) in [6, 6.07) is 20.3. The van der Waals surface area contributed by atoms with Gasteiger partial charge in [-0.1, -0.05) is 48.2 Å². The zero-order valence-corrected chi connectivity index (χ0v) is 19.7. The lowest BCUT2D eigenvalue weighted by atomic mass is 10.1. The van der Waals surface area contributed by atoms with E-state index in [0.717, 1.165) is 28.9 Å². The van der Waals surface area contributed by atoms with Crippen LogP contribution in [0.5, 0.6) is 0 Å². The van der Waals surface area contributed by atoms with Gasteiger partial charge in [0.15, 0.2) is 11.0 Å². The highest BCUT2D eigenvalue weighted by Gasteiger charge is 2.34. The molecule has 0 saturated heterocycles. The van der Waals surface area contributed by atoms with E-state index in [1.807, 2.05) is 64.9 Å². The molecule has 0 N–H and O–H groups in total. The van der Waals surface area contributed by atoms with Crippen molar-refractivity contribution in [3.05, 3.63) is 84.2 Å². The highest BCUT2D eigenvalue weighted by Crippen LogP contribution is 2.36. The molecule has 166 valence electrons. The average molecular weight is 456 g/mol. The lowest BCUT2D eigenvalue weighted by Crippen LogP contribution is -2.40. The Kier molecular flexibility index (Phi) is 5.72. The quantitative estimate of drug-likeness (QED) is 0.392. The summed E-state index contributed by atoms with van der Waals surface area (Å²) in [6.07, 6.45) is 4.40. The van der Waals surface area contributed by atoms with Gasteiger partial charge in [-0.15, -0.1) is 10.2 Å². The Bertz CT molecular complexity index is 1300. The third-order valence-electron chi connectivity index (χ3n) is 5.98. The van der Waals surface area contributed by atoms with Crippen molar-refractivity contribution in [1.29, 1.82) is 0 Å². The smallest absolute Gasteiger partial charge is 0.240 e. The molecular formula is C26H25N5OS. The Morgan fingerprint density at radius 2 is 1.79 bits per heavy atom. The summed E-state index contributed by atoms with van der Waals surface area (Å²) in [5, 5.41) is 9.35. The maximum atomic E-state index is 13.6. The Labute approximate surface area is 197 Å². The average Bonchev–Trinajstić information content (AvgIpc) is 3.39. The maximum Gasteiger partial charge on any atom is 0.240 e. The molecule has 1 aliphatic heterocycles. The number of hydrogen-bond donors (Lipinski definition) is 0. The van der Waals surface area contributed by atoms with Crippen LogP contribution in [0.4, 0.5) is 5.69 Å². The number of aromatic nitrogens is 4. The minimum atomic E-state index is -0.327. The normalized spacial score (nSPS) is 16.0. The number of para-hydroxylation sites is 2. The first-order valence-corrected chi connectivity index (χ1v) is 11.9. The molecule has 0 saturated carbocycles. The van der Waals surface area contributed by atoms with Gasteiger partial charge in [-0.05, 0) is 62.6 Å². The van der Waals surface area contributed by atoms with Crippen molar-refractivity contribution in [2.75, 3.05) is 4.90 Å². The number of carbonyl (C=O) groups excluding carboxylic acids is 1.